The highest BCUT2D eigenvalue weighted by atomic mass is 32.2. The second kappa shape index (κ2) is 8.48. The highest BCUT2D eigenvalue weighted by Crippen LogP contribution is 2.16. The average molecular weight is 360 g/mol. The fraction of sp³-hybridized carbons (Fsp3) is 0.211. The first-order chi connectivity index (χ1) is 11.8. The number of esters is 1. The van der Waals surface area contributed by atoms with Gasteiger partial charge in [0.2, 0.25) is 0 Å². The lowest BCUT2D eigenvalue weighted by Crippen LogP contribution is -2.09. The lowest BCUT2D eigenvalue weighted by Gasteiger charge is -2.06. The molecule has 132 valence electrons. The standard InChI is InChI=1S/C19H20O5S/c1-15(20)23-13-14-24-18-9-5-16(6-10-18)3-4-17-7-11-19(12-8-17)25(2,21)22/h3-12H,13-14H2,1-2H3/b4-3+. The van der Waals surface area contributed by atoms with E-state index in [-0.39, 0.29) is 12.6 Å². The molecule has 0 spiro atoms. The van der Waals surface area contributed by atoms with Gasteiger partial charge in [0.15, 0.2) is 9.84 Å². The Morgan fingerprint density at radius 2 is 1.44 bits per heavy atom. The van der Waals surface area contributed by atoms with E-state index in [4.69, 9.17) is 9.47 Å². The molecule has 0 saturated heterocycles. The van der Waals surface area contributed by atoms with Gasteiger partial charge in [-0.05, 0) is 35.4 Å². The van der Waals surface area contributed by atoms with Crippen molar-refractivity contribution in [3.8, 4) is 5.75 Å². The normalized spacial score (nSPS) is 11.4. The number of carbonyl (C=O) groups excluding carboxylic acids is 1. The molecule has 0 N–H and O–H groups in total. The van der Waals surface area contributed by atoms with Crippen LogP contribution in [0.1, 0.15) is 18.1 Å². The third-order valence-corrected chi connectivity index (χ3v) is 4.44. The molecule has 0 radical (unpaired) electrons. The SMILES string of the molecule is CC(=O)OCCOc1ccc(/C=C/c2ccc(S(C)(=O)=O)cc2)cc1. The monoisotopic (exact) mass is 360 g/mol. The summed E-state index contributed by atoms with van der Waals surface area (Å²) in [6, 6.07) is 14.2. The molecule has 0 aliphatic heterocycles. The molecule has 2 aromatic carbocycles. The number of ether oxygens (including phenoxy) is 2. The maximum atomic E-state index is 11.4. The third-order valence-electron chi connectivity index (χ3n) is 3.31. The van der Waals surface area contributed by atoms with Crippen LogP contribution in [-0.4, -0.2) is 33.9 Å². The first kappa shape index (κ1) is 18.7. The van der Waals surface area contributed by atoms with Gasteiger partial charge in [0.05, 0.1) is 4.90 Å². The smallest absolute Gasteiger partial charge is 0.302 e. The van der Waals surface area contributed by atoms with E-state index in [1.54, 1.807) is 24.3 Å². The molecule has 0 fully saturated rings. The summed E-state index contributed by atoms with van der Waals surface area (Å²) in [7, 11) is -3.17. The second-order valence-electron chi connectivity index (χ2n) is 5.43. The highest BCUT2D eigenvalue weighted by molar-refractivity contribution is 7.90. The lowest BCUT2D eigenvalue weighted by atomic mass is 10.1. The summed E-state index contributed by atoms with van der Waals surface area (Å²) in [6.45, 7) is 1.89. The lowest BCUT2D eigenvalue weighted by molar-refractivity contribution is -0.141. The molecular formula is C19H20O5S. The van der Waals surface area contributed by atoms with E-state index >= 15 is 0 Å². The number of rotatable bonds is 7. The average Bonchev–Trinajstić information content (AvgIpc) is 2.57. The zero-order chi connectivity index (χ0) is 18.3. The molecule has 6 heteroatoms. The number of hydrogen-bond acceptors (Lipinski definition) is 5. The summed E-state index contributed by atoms with van der Waals surface area (Å²) in [4.78, 5) is 10.9. The first-order valence-corrected chi connectivity index (χ1v) is 9.58. The number of benzene rings is 2. The summed E-state index contributed by atoms with van der Waals surface area (Å²) in [5.74, 6) is 0.371. The van der Waals surface area contributed by atoms with E-state index in [2.05, 4.69) is 0 Å². The van der Waals surface area contributed by atoms with Crippen molar-refractivity contribution in [3.05, 3.63) is 59.7 Å². The Hall–Kier alpha value is -2.60. The Morgan fingerprint density at radius 3 is 1.92 bits per heavy atom. The number of carbonyl (C=O) groups is 1. The quantitative estimate of drug-likeness (QED) is 0.431. The van der Waals surface area contributed by atoms with Gasteiger partial charge < -0.3 is 9.47 Å². The summed E-state index contributed by atoms with van der Waals surface area (Å²) in [6.07, 6.45) is 5.02. The Bertz CT molecular complexity index is 834. The molecule has 0 unspecified atom stereocenters. The summed E-state index contributed by atoms with van der Waals surface area (Å²) in [5, 5.41) is 0. The van der Waals surface area contributed by atoms with Gasteiger partial charge in [0.25, 0.3) is 0 Å². The van der Waals surface area contributed by atoms with Crippen LogP contribution in [0.15, 0.2) is 53.4 Å². The maximum Gasteiger partial charge on any atom is 0.302 e. The Labute approximate surface area is 147 Å². The Balaban J connectivity index is 1.92. The molecule has 0 amide bonds. The van der Waals surface area contributed by atoms with Crippen molar-refractivity contribution in [2.45, 2.75) is 11.8 Å². The van der Waals surface area contributed by atoms with Crippen LogP contribution in [0.5, 0.6) is 5.75 Å². The van der Waals surface area contributed by atoms with Crippen molar-refractivity contribution in [1.29, 1.82) is 0 Å². The molecule has 0 bridgehead atoms. The van der Waals surface area contributed by atoms with Gasteiger partial charge >= 0.3 is 5.97 Å². The number of hydrogen-bond donors (Lipinski definition) is 0. The van der Waals surface area contributed by atoms with Crippen LogP contribution in [-0.2, 0) is 19.4 Å². The molecule has 0 aliphatic carbocycles. The van der Waals surface area contributed by atoms with Crippen molar-refractivity contribution in [3.63, 3.8) is 0 Å². The molecule has 5 nitrogen and oxygen atoms in total. The molecule has 2 aromatic rings. The molecule has 0 saturated carbocycles. The van der Waals surface area contributed by atoms with Gasteiger partial charge in [-0.2, -0.15) is 0 Å². The zero-order valence-corrected chi connectivity index (χ0v) is 15.0. The van der Waals surface area contributed by atoms with E-state index in [9.17, 15) is 13.2 Å². The molecule has 0 atom stereocenters. The topological polar surface area (TPSA) is 69.7 Å². The van der Waals surface area contributed by atoms with Gasteiger partial charge in [-0.15, -0.1) is 0 Å². The second-order valence-corrected chi connectivity index (χ2v) is 7.45. The molecule has 0 aliphatic rings. The van der Waals surface area contributed by atoms with Crippen molar-refractivity contribution >= 4 is 28.0 Å². The minimum absolute atomic E-state index is 0.223. The fourth-order valence-electron chi connectivity index (χ4n) is 2.04. The van der Waals surface area contributed by atoms with Gasteiger partial charge in [-0.3, -0.25) is 4.79 Å². The minimum Gasteiger partial charge on any atom is -0.490 e. The number of sulfone groups is 1. The van der Waals surface area contributed by atoms with Crippen molar-refractivity contribution in [2.75, 3.05) is 19.5 Å². The van der Waals surface area contributed by atoms with E-state index in [1.165, 1.54) is 13.2 Å². The van der Waals surface area contributed by atoms with Gasteiger partial charge in [-0.1, -0.05) is 36.4 Å². The molecule has 0 aromatic heterocycles. The van der Waals surface area contributed by atoms with E-state index in [0.29, 0.717) is 17.3 Å². The Kier molecular flexibility index (Phi) is 6.36. The van der Waals surface area contributed by atoms with Crippen LogP contribution >= 0.6 is 0 Å². The molecule has 2 rings (SSSR count). The van der Waals surface area contributed by atoms with E-state index < -0.39 is 9.84 Å². The summed E-state index contributed by atoms with van der Waals surface area (Å²) >= 11 is 0. The van der Waals surface area contributed by atoms with Crippen molar-refractivity contribution in [1.82, 2.24) is 0 Å². The molecule has 25 heavy (non-hydrogen) atoms. The highest BCUT2D eigenvalue weighted by Gasteiger charge is 2.05. The predicted octanol–water partition coefficient (Wildman–Crippen LogP) is 3.20. The van der Waals surface area contributed by atoms with Crippen LogP contribution < -0.4 is 4.74 Å². The summed E-state index contributed by atoms with van der Waals surface area (Å²) < 4.78 is 33.1. The summed E-state index contributed by atoms with van der Waals surface area (Å²) in [5.41, 5.74) is 1.90. The van der Waals surface area contributed by atoms with Crippen LogP contribution in [0, 0.1) is 0 Å². The minimum atomic E-state index is -3.17. The van der Waals surface area contributed by atoms with Crippen LogP contribution in [0.25, 0.3) is 12.2 Å². The first-order valence-electron chi connectivity index (χ1n) is 7.69. The van der Waals surface area contributed by atoms with Gasteiger partial charge in [0, 0.05) is 13.2 Å². The molecule has 0 heterocycles. The fourth-order valence-corrected chi connectivity index (χ4v) is 2.67. The van der Waals surface area contributed by atoms with Crippen LogP contribution in [0.2, 0.25) is 0 Å². The van der Waals surface area contributed by atoms with Gasteiger partial charge in [-0.25, -0.2) is 8.42 Å². The van der Waals surface area contributed by atoms with Crippen LogP contribution in [0.4, 0.5) is 0 Å². The Morgan fingerprint density at radius 1 is 0.920 bits per heavy atom. The van der Waals surface area contributed by atoms with E-state index in [1.807, 2.05) is 36.4 Å². The van der Waals surface area contributed by atoms with E-state index in [0.717, 1.165) is 11.1 Å². The van der Waals surface area contributed by atoms with Crippen molar-refractivity contribution in [2.24, 2.45) is 0 Å². The predicted molar refractivity (Wildman–Crippen MR) is 97.0 cm³/mol. The zero-order valence-electron chi connectivity index (χ0n) is 14.1. The van der Waals surface area contributed by atoms with Crippen LogP contribution in [0.3, 0.4) is 0 Å². The third kappa shape index (κ3) is 6.43. The maximum absolute atomic E-state index is 11.4. The largest absolute Gasteiger partial charge is 0.490 e. The van der Waals surface area contributed by atoms with Crippen molar-refractivity contribution < 1.29 is 22.7 Å². The molecular weight excluding hydrogens is 340 g/mol. The van der Waals surface area contributed by atoms with Gasteiger partial charge in [0.1, 0.15) is 19.0 Å².